The Morgan fingerprint density at radius 1 is 1.67 bits per heavy atom. The Bertz CT molecular complexity index is 371. The fourth-order valence-corrected chi connectivity index (χ4v) is 1.02. The van der Waals surface area contributed by atoms with E-state index in [4.69, 9.17) is 11.6 Å². The predicted octanol–water partition coefficient (Wildman–Crippen LogP) is 2.72. The van der Waals surface area contributed by atoms with E-state index in [0.717, 1.165) is 0 Å². The van der Waals surface area contributed by atoms with Gasteiger partial charge >= 0.3 is 5.92 Å². The van der Waals surface area contributed by atoms with Gasteiger partial charge in [-0.05, 0) is 12.1 Å². The van der Waals surface area contributed by atoms with Crippen molar-refractivity contribution >= 4 is 23.2 Å². The van der Waals surface area contributed by atoms with Crippen molar-refractivity contribution in [3.05, 3.63) is 23.5 Å². The summed E-state index contributed by atoms with van der Waals surface area (Å²) in [6, 6.07) is 2.89. The maximum Gasteiger partial charge on any atom is 0.324 e. The van der Waals surface area contributed by atoms with Gasteiger partial charge in [-0.2, -0.15) is 8.78 Å². The molecule has 82 valence electrons. The molecule has 1 amide bonds. The number of anilines is 1. The van der Waals surface area contributed by atoms with Crippen molar-refractivity contribution in [2.75, 3.05) is 5.32 Å². The first-order valence-corrected chi connectivity index (χ1v) is 4.65. The highest BCUT2D eigenvalue weighted by Gasteiger charge is 2.36. The first-order chi connectivity index (χ1) is 6.97. The normalized spacial score (nSPS) is 11.2. The van der Waals surface area contributed by atoms with Crippen LogP contribution >= 0.6 is 11.6 Å². The number of carbonyl (C=O) groups excluding carboxylic acids is 1. The zero-order chi connectivity index (χ0) is 11.5. The van der Waals surface area contributed by atoms with Crippen LogP contribution < -0.4 is 5.32 Å². The fraction of sp³-hybridized carbons (Fsp3) is 0.333. The van der Waals surface area contributed by atoms with Crippen LogP contribution in [0.1, 0.15) is 13.3 Å². The lowest BCUT2D eigenvalue weighted by Crippen LogP contribution is -2.33. The summed E-state index contributed by atoms with van der Waals surface area (Å²) in [5.41, 5.74) is 0.0808. The van der Waals surface area contributed by atoms with Gasteiger partial charge in [0.1, 0.15) is 0 Å². The number of pyridine rings is 1. The molecule has 0 spiro atoms. The third kappa shape index (κ3) is 2.86. The van der Waals surface area contributed by atoms with Crippen molar-refractivity contribution in [1.29, 1.82) is 0 Å². The van der Waals surface area contributed by atoms with Gasteiger partial charge < -0.3 is 5.32 Å². The molecule has 0 radical (unpaired) electrons. The Morgan fingerprint density at radius 3 is 2.87 bits per heavy atom. The van der Waals surface area contributed by atoms with Crippen LogP contribution in [-0.2, 0) is 4.79 Å². The van der Waals surface area contributed by atoms with Crippen molar-refractivity contribution < 1.29 is 13.6 Å². The summed E-state index contributed by atoms with van der Waals surface area (Å²) in [5, 5.41) is 2.00. The lowest BCUT2D eigenvalue weighted by Gasteiger charge is -2.13. The topological polar surface area (TPSA) is 42.0 Å². The zero-order valence-electron chi connectivity index (χ0n) is 7.93. The minimum atomic E-state index is -3.39. The second kappa shape index (κ2) is 4.53. The molecule has 1 rings (SSSR count). The predicted molar refractivity (Wildman–Crippen MR) is 53.1 cm³/mol. The summed E-state index contributed by atoms with van der Waals surface area (Å²) in [6.07, 6.45) is 0.840. The van der Waals surface area contributed by atoms with Crippen molar-refractivity contribution in [2.45, 2.75) is 19.3 Å². The zero-order valence-corrected chi connectivity index (χ0v) is 8.68. The summed E-state index contributed by atoms with van der Waals surface area (Å²) in [5.74, 6) is -4.76. The van der Waals surface area contributed by atoms with Gasteiger partial charge in [-0.15, -0.1) is 0 Å². The lowest BCUT2D eigenvalue weighted by atomic mass is 10.2. The lowest BCUT2D eigenvalue weighted by molar-refractivity contribution is -0.139. The molecule has 1 aromatic rings. The van der Waals surface area contributed by atoms with Crippen molar-refractivity contribution in [1.82, 2.24) is 4.98 Å². The van der Waals surface area contributed by atoms with Crippen LogP contribution in [0, 0.1) is 0 Å². The molecule has 3 nitrogen and oxygen atoms in total. The molecule has 0 aliphatic rings. The van der Waals surface area contributed by atoms with Gasteiger partial charge in [-0.1, -0.05) is 18.5 Å². The second-order valence-electron chi connectivity index (χ2n) is 2.85. The number of rotatable bonds is 3. The van der Waals surface area contributed by atoms with Gasteiger partial charge in [0.25, 0.3) is 5.91 Å². The first kappa shape index (κ1) is 11.8. The Labute approximate surface area is 90.5 Å². The van der Waals surface area contributed by atoms with E-state index in [9.17, 15) is 13.6 Å². The average Bonchev–Trinajstić information content (AvgIpc) is 2.21. The van der Waals surface area contributed by atoms with Crippen LogP contribution in [0.5, 0.6) is 0 Å². The third-order valence-corrected chi connectivity index (χ3v) is 2.08. The van der Waals surface area contributed by atoms with E-state index in [1.165, 1.54) is 25.3 Å². The van der Waals surface area contributed by atoms with Crippen LogP contribution in [0.15, 0.2) is 18.3 Å². The van der Waals surface area contributed by atoms with E-state index in [1.54, 1.807) is 0 Å². The summed E-state index contributed by atoms with van der Waals surface area (Å²) >= 11 is 5.59. The quantitative estimate of drug-likeness (QED) is 0.817. The number of aromatic nitrogens is 1. The van der Waals surface area contributed by atoms with Crippen molar-refractivity contribution in [3.63, 3.8) is 0 Å². The highest BCUT2D eigenvalue weighted by molar-refractivity contribution is 6.32. The molecule has 15 heavy (non-hydrogen) atoms. The third-order valence-electron chi connectivity index (χ3n) is 1.78. The molecular weight excluding hydrogens is 226 g/mol. The monoisotopic (exact) mass is 234 g/mol. The van der Waals surface area contributed by atoms with E-state index in [1.807, 2.05) is 5.32 Å². The number of hydrogen-bond acceptors (Lipinski definition) is 2. The number of carbonyl (C=O) groups is 1. The van der Waals surface area contributed by atoms with E-state index in [0.29, 0.717) is 0 Å². The largest absolute Gasteiger partial charge is 0.324 e. The molecule has 0 aliphatic carbocycles. The number of amides is 1. The number of halogens is 3. The SMILES string of the molecule is CCC(F)(F)C(=O)Nc1cccnc1Cl. The van der Waals surface area contributed by atoms with Crippen LogP contribution in [0.3, 0.4) is 0 Å². The highest BCUT2D eigenvalue weighted by atomic mass is 35.5. The standard InChI is InChI=1S/C9H9ClF2N2O/c1-2-9(11,12)8(15)14-6-4-3-5-13-7(6)10/h3-5H,2H2,1H3,(H,14,15). The van der Waals surface area contributed by atoms with E-state index in [-0.39, 0.29) is 10.8 Å². The number of hydrogen-bond donors (Lipinski definition) is 1. The summed E-state index contributed by atoms with van der Waals surface area (Å²) < 4.78 is 25.8. The first-order valence-electron chi connectivity index (χ1n) is 4.27. The summed E-state index contributed by atoms with van der Waals surface area (Å²) in [4.78, 5) is 14.7. The molecule has 0 bridgehead atoms. The van der Waals surface area contributed by atoms with Crippen molar-refractivity contribution in [2.24, 2.45) is 0 Å². The van der Waals surface area contributed by atoms with Crippen LogP contribution in [0.4, 0.5) is 14.5 Å². The van der Waals surface area contributed by atoms with Gasteiger partial charge in [0.2, 0.25) is 0 Å². The summed E-state index contributed by atoms with van der Waals surface area (Å²) in [7, 11) is 0. The van der Waals surface area contributed by atoms with Gasteiger partial charge in [0.15, 0.2) is 5.15 Å². The smallest absolute Gasteiger partial charge is 0.318 e. The van der Waals surface area contributed by atoms with E-state index in [2.05, 4.69) is 4.98 Å². The van der Waals surface area contributed by atoms with Gasteiger partial charge in [-0.25, -0.2) is 4.98 Å². The fourth-order valence-electron chi connectivity index (χ4n) is 0.854. The van der Waals surface area contributed by atoms with Crippen LogP contribution in [0.25, 0.3) is 0 Å². The Hall–Kier alpha value is -1.23. The molecule has 0 saturated heterocycles. The number of alkyl halides is 2. The van der Waals surface area contributed by atoms with Crippen molar-refractivity contribution in [3.8, 4) is 0 Å². The van der Waals surface area contributed by atoms with Gasteiger partial charge in [0.05, 0.1) is 5.69 Å². The molecule has 0 aliphatic heterocycles. The van der Waals surface area contributed by atoms with E-state index >= 15 is 0 Å². The minimum Gasteiger partial charge on any atom is -0.318 e. The maximum atomic E-state index is 12.9. The molecule has 1 heterocycles. The minimum absolute atomic E-state index is 0.0160. The molecule has 0 atom stereocenters. The molecule has 0 aromatic carbocycles. The average molecular weight is 235 g/mol. The summed E-state index contributed by atoms with van der Waals surface area (Å²) in [6.45, 7) is 1.23. The van der Waals surface area contributed by atoms with Gasteiger partial charge in [-0.3, -0.25) is 4.79 Å². The molecule has 0 fully saturated rings. The molecule has 0 unspecified atom stereocenters. The number of nitrogens with zero attached hydrogens (tertiary/aromatic N) is 1. The molecule has 1 N–H and O–H groups in total. The molecular formula is C9H9ClF2N2O. The highest BCUT2D eigenvalue weighted by Crippen LogP contribution is 2.23. The Morgan fingerprint density at radius 2 is 2.33 bits per heavy atom. The molecule has 1 aromatic heterocycles. The Balaban J connectivity index is 2.80. The number of nitrogens with one attached hydrogen (secondary N) is 1. The van der Waals surface area contributed by atoms with E-state index < -0.39 is 18.3 Å². The molecule has 6 heteroatoms. The van der Waals surface area contributed by atoms with Crippen LogP contribution in [0.2, 0.25) is 5.15 Å². The van der Waals surface area contributed by atoms with Crippen LogP contribution in [-0.4, -0.2) is 16.8 Å². The molecule has 0 saturated carbocycles. The second-order valence-corrected chi connectivity index (χ2v) is 3.21. The Kier molecular flexibility index (Phi) is 3.57. The van der Waals surface area contributed by atoms with Gasteiger partial charge in [0, 0.05) is 12.6 Å². The maximum absolute atomic E-state index is 12.9.